The second-order valence-electron chi connectivity index (χ2n) is 5.33. The minimum atomic E-state index is -0.229. The highest BCUT2D eigenvalue weighted by Crippen LogP contribution is 2.22. The van der Waals surface area contributed by atoms with Crippen LogP contribution in [0.25, 0.3) is 0 Å². The van der Waals surface area contributed by atoms with Gasteiger partial charge in [-0.05, 0) is 32.0 Å². The SMILES string of the molecule is C[C@H]([NH2+][C@H](C)c1ccccc1)C(=O)Nc1cc(Cl)cc(Cl)c1. The van der Waals surface area contributed by atoms with E-state index in [9.17, 15) is 4.79 Å². The highest BCUT2D eigenvalue weighted by Gasteiger charge is 2.20. The zero-order valence-corrected chi connectivity index (χ0v) is 14.0. The summed E-state index contributed by atoms with van der Waals surface area (Å²) in [6, 6.07) is 15.1. The molecule has 0 aliphatic heterocycles. The number of halogens is 2. The lowest BCUT2D eigenvalue weighted by molar-refractivity contribution is -0.709. The van der Waals surface area contributed by atoms with Crippen LogP contribution in [0.2, 0.25) is 10.0 Å². The molecule has 1 amide bonds. The number of rotatable bonds is 5. The highest BCUT2D eigenvalue weighted by molar-refractivity contribution is 6.35. The summed E-state index contributed by atoms with van der Waals surface area (Å²) in [5.41, 5.74) is 1.79. The molecule has 2 aromatic rings. The number of hydrogen-bond acceptors (Lipinski definition) is 1. The minimum Gasteiger partial charge on any atom is -0.330 e. The number of carbonyl (C=O) groups is 1. The van der Waals surface area contributed by atoms with Crippen LogP contribution in [0.1, 0.15) is 25.5 Å². The predicted octanol–water partition coefficient (Wildman–Crippen LogP) is 3.65. The van der Waals surface area contributed by atoms with Gasteiger partial charge in [-0.15, -0.1) is 0 Å². The summed E-state index contributed by atoms with van der Waals surface area (Å²) in [5.74, 6) is -0.0823. The van der Waals surface area contributed by atoms with E-state index in [1.54, 1.807) is 18.2 Å². The number of benzene rings is 2. The molecule has 0 radical (unpaired) electrons. The van der Waals surface area contributed by atoms with Crippen LogP contribution < -0.4 is 10.6 Å². The zero-order chi connectivity index (χ0) is 16.1. The quantitative estimate of drug-likeness (QED) is 0.859. The fraction of sp³-hybridized carbons (Fsp3) is 0.235. The van der Waals surface area contributed by atoms with Crippen LogP contribution in [0, 0.1) is 0 Å². The molecule has 0 aromatic heterocycles. The summed E-state index contributed by atoms with van der Waals surface area (Å²) < 4.78 is 0. The Morgan fingerprint density at radius 2 is 1.64 bits per heavy atom. The zero-order valence-electron chi connectivity index (χ0n) is 12.5. The first-order valence-electron chi connectivity index (χ1n) is 7.12. The van der Waals surface area contributed by atoms with E-state index in [-0.39, 0.29) is 18.0 Å². The highest BCUT2D eigenvalue weighted by atomic mass is 35.5. The smallest absolute Gasteiger partial charge is 0.282 e. The van der Waals surface area contributed by atoms with E-state index >= 15 is 0 Å². The summed E-state index contributed by atoms with van der Waals surface area (Å²) in [7, 11) is 0. The maximum Gasteiger partial charge on any atom is 0.282 e. The Hall–Kier alpha value is -1.55. The van der Waals surface area contributed by atoms with Gasteiger partial charge in [0.05, 0.1) is 0 Å². The van der Waals surface area contributed by atoms with Gasteiger partial charge in [-0.25, -0.2) is 0 Å². The second kappa shape index (κ2) is 7.63. The Labute approximate surface area is 140 Å². The molecule has 3 nitrogen and oxygen atoms in total. The van der Waals surface area contributed by atoms with E-state index in [1.165, 1.54) is 5.56 Å². The Bertz CT molecular complexity index is 626. The second-order valence-corrected chi connectivity index (χ2v) is 6.20. The Morgan fingerprint density at radius 3 is 2.23 bits per heavy atom. The number of nitrogens with two attached hydrogens (primary N) is 1. The van der Waals surface area contributed by atoms with E-state index < -0.39 is 0 Å². The molecule has 0 fully saturated rings. The van der Waals surface area contributed by atoms with Crippen molar-refractivity contribution in [3.63, 3.8) is 0 Å². The van der Waals surface area contributed by atoms with Gasteiger partial charge in [0, 0.05) is 21.3 Å². The number of carbonyl (C=O) groups excluding carboxylic acids is 1. The summed E-state index contributed by atoms with van der Waals surface area (Å²) in [5, 5.41) is 5.86. The monoisotopic (exact) mass is 337 g/mol. The van der Waals surface area contributed by atoms with Crippen LogP contribution in [-0.4, -0.2) is 11.9 Å². The van der Waals surface area contributed by atoms with Crippen LogP contribution >= 0.6 is 23.2 Å². The molecule has 5 heteroatoms. The summed E-state index contributed by atoms with van der Waals surface area (Å²) >= 11 is 11.9. The van der Waals surface area contributed by atoms with Gasteiger partial charge in [0.2, 0.25) is 0 Å². The molecule has 0 bridgehead atoms. The normalized spacial score (nSPS) is 13.5. The van der Waals surface area contributed by atoms with Crippen molar-refractivity contribution in [2.45, 2.75) is 25.9 Å². The molecular formula is C17H19Cl2N2O+. The molecule has 2 atom stereocenters. The lowest BCUT2D eigenvalue weighted by Crippen LogP contribution is -2.91. The average Bonchev–Trinajstić information content (AvgIpc) is 2.46. The molecule has 0 spiro atoms. The van der Waals surface area contributed by atoms with Crippen molar-refractivity contribution in [1.29, 1.82) is 0 Å². The molecule has 2 aromatic carbocycles. The molecule has 22 heavy (non-hydrogen) atoms. The largest absolute Gasteiger partial charge is 0.330 e. The Morgan fingerprint density at radius 1 is 1.05 bits per heavy atom. The van der Waals surface area contributed by atoms with E-state index in [4.69, 9.17) is 23.2 Å². The standard InChI is InChI=1S/C17H18Cl2N2O/c1-11(13-6-4-3-5-7-13)20-12(2)17(22)21-16-9-14(18)8-15(19)10-16/h3-12,20H,1-2H3,(H,21,22)/p+1/t11-,12+/m1/s1. The minimum absolute atomic E-state index is 0.0823. The first-order chi connectivity index (χ1) is 10.5. The van der Waals surface area contributed by atoms with E-state index in [0.717, 1.165) is 0 Å². The predicted molar refractivity (Wildman–Crippen MR) is 91.3 cm³/mol. The number of nitrogens with one attached hydrogen (secondary N) is 1. The van der Waals surface area contributed by atoms with Crippen molar-refractivity contribution in [3.8, 4) is 0 Å². The number of hydrogen-bond donors (Lipinski definition) is 2. The van der Waals surface area contributed by atoms with Gasteiger partial charge >= 0.3 is 0 Å². The summed E-state index contributed by atoms with van der Waals surface area (Å²) in [6.45, 7) is 3.95. The summed E-state index contributed by atoms with van der Waals surface area (Å²) in [4.78, 5) is 12.3. The van der Waals surface area contributed by atoms with Gasteiger partial charge < -0.3 is 10.6 Å². The first kappa shape index (κ1) is 16.8. The van der Waals surface area contributed by atoms with Gasteiger partial charge in [0.25, 0.3) is 5.91 Å². The molecular weight excluding hydrogens is 319 g/mol. The van der Waals surface area contributed by atoms with Crippen LogP contribution in [0.15, 0.2) is 48.5 Å². The average molecular weight is 338 g/mol. The third-order valence-electron chi connectivity index (χ3n) is 3.45. The molecule has 3 N–H and O–H groups in total. The van der Waals surface area contributed by atoms with Gasteiger partial charge in [0.1, 0.15) is 6.04 Å². The van der Waals surface area contributed by atoms with Crippen LogP contribution in [0.4, 0.5) is 5.69 Å². The lowest BCUT2D eigenvalue weighted by Gasteiger charge is -2.17. The van der Waals surface area contributed by atoms with Crippen molar-refractivity contribution in [1.82, 2.24) is 0 Å². The lowest BCUT2D eigenvalue weighted by atomic mass is 10.1. The maximum atomic E-state index is 12.3. The first-order valence-corrected chi connectivity index (χ1v) is 7.88. The molecule has 0 unspecified atom stereocenters. The van der Waals surface area contributed by atoms with Crippen molar-refractivity contribution >= 4 is 34.8 Å². The van der Waals surface area contributed by atoms with Crippen molar-refractivity contribution in [2.24, 2.45) is 0 Å². The van der Waals surface area contributed by atoms with Gasteiger partial charge in [-0.3, -0.25) is 4.79 Å². The Kier molecular flexibility index (Phi) is 5.83. The van der Waals surface area contributed by atoms with Gasteiger partial charge in [0.15, 0.2) is 6.04 Å². The molecule has 0 aliphatic rings. The topological polar surface area (TPSA) is 45.7 Å². The fourth-order valence-electron chi connectivity index (χ4n) is 2.27. The van der Waals surface area contributed by atoms with Crippen LogP contribution in [0.5, 0.6) is 0 Å². The third kappa shape index (κ3) is 4.73. The number of quaternary nitrogens is 1. The van der Waals surface area contributed by atoms with Crippen LogP contribution in [0.3, 0.4) is 0 Å². The molecule has 116 valence electrons. The van der Waals surface area contributed by atoms with Crippen molar-refractivity contribution in [2.75, 3.05) is 5.32 Å². The molecule has 0 heterocycles. The Balaban J connectivity index is 1.97. The fourth-order valence-corrected chi connectivity index (χ4v) is 2.80. The van der Waals surface area contributed by atoms with Crippen molar-refractivity contribution < 1.29 is 10.1 Å². The molecule has 0 saturated carbocycles. The number of anilines is 1. The molecule has 0 aliphatic carbocycles. The van der Waals surface area contributed by atoms with Gasteiger partial charge in [-0.1, -0.05) is 53.5 Å². The van der Waals surface area contributed by atoms with Crippen LogP contribution in [-0.2, 0) is 4.79 Å². The van der Waals surface area contributed by atoms with Gasteiger partial charge in [-0.2, -0.15) is 0 Å². The third-order valence-corrected chi connectivity index (χ3v) is 3.88. The molecule has 2 rings (SSSR count). The van der Waals surface area contributed by atoms with E-state index in [1.807, 2.05) is 30.4 Å². The van der Waals surface area contributed by atoms with Crippen molar-refractivity contribution in [3.05, 3.63) is 64.1 Å². The molecule has 0 saturated heterocycles. The van der Waals surface area contributed by atoms with E-state index in [2.05, 4.69) is 24.4 Å². The number of amides is 1. The van der Waals surface area contributed by atoms with E-state index in [0.29, 0.717) is 15.7 Å². The maximum absolute atomic E-state index is 12.3. The summed E-state index contributed by atoms with van der Waals surface area (Å²) in [6.07, 6.45) is 0.